The van der Waals surface area contributed by atoms with Gasteiger partial charge >= 0.3 is 0 Å². The van der Waals surface area contributed by atoms with Crippen molar-refractivity contribution in [1.82, 2.24) is 20.2 Å². The van der Waals surface area contributed by atoms with Gasteiger partial charge in [-0.25, -0.2) is 4.98 Å². The van der Waals surface area contributed by atoms with Crippen LogP contribution in [0.25, 0.3) is 11.4 Å². The van der Waals surface area contributed by atoms with Gasteiger partial charge in [-0.15, -0.1) is 0 Å². The summed E-state index contributed by atoms with van der Waals surface area (Å²) >= 11 is 3.64. The molecule has 1 fully saturated rings. The van der Waals surface area contributed by atoms with Crippen molar-refractivity contribution in [3.63, 3.8) is 0 Å². The lowest BCUT2D eigenvalue weighted by atomic mass is 10.2. The summed E-state index contributed by atoms with van der Waals surface area (Å²) in [5, 5.41) is 3.31. The molecule has 4 nitrogen and oxygen atoms in total. The highest BCUT2D eigenvalue weighted by Gasteiger charge is 2.26. The summed E-state index contributed by atoms with van der Waals surface area (Å²) in [7, 11) is 2.01. The molecule has 0 bridgehead atoms. The van der Waals surface area contributed by atoms with Gasteiger partial charge in [0.1, 0.15) is 10.4 Å². The molecule has 2 heterocycles. The van der Waals surface area contributed by atoms with E-state index in [4.69, 9.17) is 0 Å². The normalized spacial score (nSPS) is 17.2. The molecule has 1 saturated heterocycles. The Morgan fingerprint density at radius 2 is 2.00 bits per heavy atom. The molecule has 0 aliphatic carbocycles. The molecule has 3 rings (SSSR count). The van der Waals surface area contributed by atoms with Crippen LogP contribution in [0.4, 0.5) is 0 Å². The highest BCUT2D eigenvalue weighted by atomic mass is 79.9. The van der Waals surface area contributed by atoms with Crippen molar-refractivity contribution in [1.29, 1.82) is 0 Å². The molecule has 0 amide bonds. The number of hydrogen-bond donors (Lipinski definition) is 2. The highest BCUT2D eigenvalue weighted by molar-refractivity contribution is 9.10. The van der Waals surface area contributed by atoms with E-state index < -0.39 is 0 Å². The predicted molar refractivity (Wildman–Crippen MR) is 89.2 cm³/mol. The second kappa shape index (κ2) is 6.73. The molecule has 112 valence electrons. The van der Waals surface area contributed by atoms with Crippen LogP contribution >= 0.6 is 15.9 Å². The molecule has 1 aromatic heterocycles. The Hall–Kier alpha value is -1.17. The summed E-state index contributed by atoms with van der Waals surface area (Å²) in [5.74, 6) is 0.928. The Balaban J connectivity index is 1.91. The van der Waals surface area contributed by atoms with Crippen LogP contribution < -0.4 is 5.32 Å². The molecule has 1 aliphatic rings. The van der Waals surface area contributed by atoms with E-state index in [1.807, 2.05) is 25.2 Å². The van der Waals surface area contributed by atoms with Crippen LogP contribution in [0.1, 0.15) is 24.6 Å². The summed E-state index contributed by atoms with van der Waals surface area (Å²) in [6, 6.07) is 10.6. The van der Waals surface area contributed by atoms with E-state index in [2.05, 4.69) is 48.2 Å². The fourth-order valence-corrected chi connectivity index (χ4v) is 3.52. The van der Waals surface area contributed by atoms with E-state index in [-0.39, 0.29) is 0 Å². The lowest BCUT2D eigenvalue weighted by molar-refractivity contribution is 0.237. The van der Waals surface area contributed by atoms with E-state index in [0.717, 1.165) is 22.5 Å². The fraction of sp³-hybridized carbons (Fsp3) is 0.438. The van der Waals surface area contributed by atoms with Crippen molar-refractivity contribution in [2.75, 3.05) is 26.7 Å². The topological polar surface area (TPSA) is 44.0 Å². The Kier molecular flexibility index (Phi) is 4.73. The number of nitrogens with one attached hydrogen (secondary N) is 2. The smallest absolute Gasteiger partial charge is 0.138 e. The monoisotopic (exact) mass is 348 g/mol. The molecule has 2 N–H and O–H groups in total. The highest BCUT2D eigenvalue weighted by Crippen LogP contribution is 2.30. The van der Waals surface area contributed by atoms with E-state index in [1.165, 1.54) is 31.6 Å². The fourth-order valence-electron chi connectivity index (χ4n) is 2.98. The standard InChI is InChI=1S/C16H21BrN4/c1-18-11-13(21-9-5-6-10-21)14-15(17)20-16(19-14)12-7-3-2-4-8-12/h2-4,7-8,13,18H,5-6,9-11H2,1H3,(H,19,20). The van der Waals surface area contributed by atoms with E-state index >= 15 is 0 Å². The quantitative estimate of drug-likeness (QED) is 0.871. The molecule has 0 spiro atoms. The van der Waals surface area contributed by atoms with Crippen LogP contribution in [0.2, 0.25) is 0 Å². The van der Waals surface area contributed by atoms with Gasteiger partial charge in [0, 0.05) is 12.1 Å². The first-order chi connectivity index (χ1) is 10.3. The van der Waals surface area contributed by atoms with Gasteiger partial charge in [0.25, 0.3) is 0 Å². The zero-order valence-corrected chi connectivity index (χ0v) is 13.9. The summed E-state index contributed by atoms with van der Waals surface area (Å²) in [4.78, 5) is 10.7. The number of aromatic nitrogens is 2. The molecule has 0 radical (unpaired) electrons. The Morgan fingerprint density at radius 1 is 1.29 bits per heavy atom. The average molecular weight is 349 g/mol. The van der Waals surface area contributed by atoms with Crippen molar-refractivity contribution < 1.29 is 0 Å². The van der Waals surface area contributed by atoms with E-state index in [1.54, 1.807) is 0 Å². The third-order valence-electron chi connectivity index (χ3n) is 4.04. The van der Waals surface area contributed by atoms with Gasteiger partial charge in [0.15, 0.2) is 0 Å². The Bertz CT molecular complexity index is 575. The number of aromatic amines is 1. The van der Waals surface area contributed by atoms with Crippen LogP contribution in [-0.2, 0) is 0 Å². The Labute approximate surface area is 134 Å². The van der Waals surface area contributed by atoms with Gasteiger partial charge in [0.2, 0.25) is 0 Å². The van der Waals surface area contributed by atoms with Gasteiger partial charge in [-0.05, 0) is 48.9 Å². The molecule has 1 unspecified atom stereocenters. The minimum atomic E-state index is 0.344. The van der Waals surface area contributed by atoms with Crippen LogP contribution in [0.5, 0.6) is 0 Å². The van der Waals surface area contributed by atoms with Crippen LogP contribution in [0.3, 0.4) is 0 Å². The third-order valence-corrected chi connectivity index (χ3v) is 4.65. The number of halogens is 1. The lowest BCUT2D eigenvalue weighted by Gasteiger charge is -2.26. The predicted octanol–water partition coefficient (Wildman–Crippen LogP) is 3.20. The Morgan fingerprint density at radius 3 is 2.67 bits per heavy atom. The maximum atomic E-state index is 4.66. The minimum Gasteiger partial charge on any atom is -0.340 e. The first-order valence-corrected chi connectivity index (χ1v) is 8.28. The zero-order chi connectivity index (χ0) is 14.7. The van der Waals surface area contributed by atoms with Gasteiger partial charge in [-0.3, -0.25) is 4.90 Å². The molecule has 5 heteroatoms. The molecular formula is C16H21BrN4. The molecule has 21 heavy (non-hydrogen) atoms. The molecule has 1 atom stereocenters. The number of nitrogens with zero attached hydrogens (tertiary/aromatic N) is 2. The summed E-state index contributed by atoms with van der Waals surface area (Å²) in [5.41, 5.74) is 2.29. The maximum Gasteiger partial charge on any atom is 0.138 e. The van der Waals surface area contributed by atoms with Crippen LogP contribution in [-0.4, -0.2) is 41.5 Å². The molecule has 1 aliphatic heterocycles. The van der Waals surface area contributed by atoms with Crippen molar-refractivity contribution in [3.8, 4) is 11.4 Å². The molecular weight excluding hydrogens is 328 g/mol. The SMILES string of the molecule is CNCC(c1[nH]c(-c2ccccc2)nc1Br)N1CCCC1. The van der Waals surface area contributed by atoms with Gasteiger partial charge < -0.3 is 10.3 Å². The van der Waals surface area contributed by atoms with Crippen molar-refractivity contribution in [2.45, 2.75) is 18.9 Å². The zero-order valence-electron chi connectivity index (χ0n) is 12.3. The number of likely N-dealkylation sites (tertiary alicyclic amines) is 1. The van der Waals surface area contributed by atoms with Crippen molar-refractivity contribution in [3.05, 3.63) is 40.6 Å². The van der Waals surface area contributed by atoms with Crippen LogP contribution in [0.15, 0.2) is 34.9 Å². The largest absolute Gasteiger partial charge is 0.340 e. The first-order valence-electron chi connectivity index (χ1n) is 7.49. The summed E-state index contributed by atoms with van der Waals surface area (Å²) in [6.07, 6.45) is 2.58. The van der Waals surface area contributed by atoms with Crippen molar-refractivity contribution >= 4 is 15.9 Å². The van der Waals surface area contributed by atoms with Gasteiger partial charge in [-0.1, -0.05) is 30.3 Å². The third kappa shape index (κ3) is 3.20. The van der Waals surface area contributed by atoms with E-state index in [0.29, 0.717) is 6.04 Å². The summed E-state index contributed by atoms with van der Waals surface area (Å²) < 4.78 is 0.925. The second-order valence-corrected chi connectivity index (χ2v) is 6.22. The van der Waals surface area contributed by atoms with Crippen LogP contribution in [0, 0.1) is 0 Å². The number of H-pyrrole nitrogens is 1. The van der Waals surface area contributed by atoms with Gasteiger partial charge in [0.05, 0.1) is 11.7 Å². The first kappa shape index (κ1) is 14.8. The molecule has 2 aromatic rings. The van der Waals surface area contributed by atoms with Crippen molar-refractivity contribution in [2.24, 2.45) is 0 Å². The summed E-state index contributed by atoms with van der Waals surface area (Å²) in [6.45, 7) is 3.26. The number of likely N-dealkylation sites (N-methyl/N-ethyl adjacent to an activating group) is 1. The minimum absolute atomic E-state index is 0.344. The van der Waals surface area contributed by atoms with Gasteiger partial charge in [-0.2, -0.15) is 0 Å². The maximum absolute atomic E-state index is 4.66. The average Bonchev–Trinajstić information content (AvgIpc) is 3.16. The molecule has 1 aromatic carbocycles. The lowest BCUT2D eigenvalue weighted by Crippen LogP contribution is -2.33. The second-order valence-electron chi connectivity index (χ2n) is 5.47. The number of hydrogen-bond acceptors (Lipinski definition) is 3. The molecule has 0 saturated carbocycles. The van der Waals surface area contributed by atoms with E-state index in [9.17, 15) is 0 Å². The number of rotatable bonds is 5. The number of imidazole rings is 1. The number of benzene rings is 1.